The fourth-order valence-electron chi connectivity index (χ4n) is 3.48. The van der Waals surface area contributed by atoms with E-state index in [0.29, 0.717) is 40.3 Å². The lowest BCUT2D eigenvalue weighted by molar-refractivity contribution is -0.139. The van der Waals surface area contributed by atoms with E-state index in [0.717, 1.165) is 0 Å². The maximum absolute atomic E-state index is 13.0. The van der Waals surface area contributed by atoms with Crippen molar-refractivity contribution in [3.05, 3.63) is 51.5 Å². The highest BCUT2D eigenvalue weighted by atomic mass is 79.9. The minimum atomic E-state index is -3.88. The summed E-state index contributed by atoms with van der Waals surface area (Å²) in [5, 5.41) is 13.2. The second-order valence-corrected chi connectivity index (χ2v) is 10.6. The number of hydrazone groups is 1. The van der Waals surface area contributed by atoms with Crippen molar-refractivity contribution in [1.29, 1.82) is 0 Å². The number of benzene rings is 2. The van der Waals surface area contributed by atoms with Gasteiger partial charge in [-0.15, -0.1) is 0 Å². The summed E-state index contributed by atoms with van der Waals surface area (Å²) in [7, 11) is -3.88. The average molecular weight is 589 g/mol. The highest BCUT2D eigenvalue weighted by Gasteiger charge is 2.39. The number of carbonyl (C=O) groups is 2. The number of ether oxygens (including phenoxy) is 2. The molecule has 0 spiro atoms. The number of aliphatic carboxylic acids is 1. The number of rotatable bonds is 10. The van der Waals surface area contributed by atoms with Crippen LogP contribution in [0, 0.1) is 0 Å². The average Bonchev–Trinajstić information content (AvgIpc) is 3.30. The molecule has 0 bridgehead atoms. The van der Waals surface area contributed by atoms with Crippen LogP contribution >= 0.6 is 27.5 Å². The zero-order valence-electron chi connectivity index (χ0n) is 18.6. The smallest absolute Gasteiger partial charge is 0.341 e. The number of carboxylic acid groups (broad SMARTS) is 1. The lowest BCUT2D eigenvalue weighted by Crippen LogP contribution is -2.44. The summed E-state index contributed by atoms with van der Waals surface area (Å²) in [6.07, 6.45) is 2.26. The summed E-state index contributed by atoms with van der Waals surface area (Å²) in [4.78, 5) is 23.6. The van der Waals surface area contributed by atoms with Crippen LogP contribution in [0.1, 0.15) is 25.3 Å². The van der Waals surface area contributed by atoms with Crippen LogP contribution in [0.25, 0.3) is 0 Å². The fraction of sp³-hybridized carbons (Fsp3) is 0.318. The Bertz CT molecular complexity index is 1220. The first-order valence-corrected chi connectivity index (χ1v) is 13.2. The van der Waals surface area contributed by atoms with Gasteiger partial charge in [0.1, 0.15) is 6.04 Å². The summed E-state index contributed by atoms with van der Waals surface area (Å²) in [6.45, 7) is 1.75. The molecule has 2 aromatic carbocycles. The zero-order chi connectivity index (χ0) is 25.6. The lowest BCUT2D eigenvalue weighted by Gasteiger charge is -2.22. The normalized spacial score (nSPS) is 16.4. The van der Waals surface area contributed by atoms with Gasteiger partial charge in [-0.1, -0.05) is 11.6 Å². The molecule has 1 aliphatic heterocycles. The number of nitrogens with zero attached hydrogens (tertiary/aromatic N) is 2. The maximum atomic E-state index is 13.0. The molecule has 13 heteroatoms. The zero-order valence-corrected chi connectivity index (χ0v) is 21.8. The van der Waals surface area contributed by atoms with Crippen molar-refractivity contribution in [3.8, 4) is 11.5 Å². The summed E-state index contributed by atoms with van der Waals surface area (Å²) in [6, 6.07) is 8.07. The van der Waals surface area contributed by atoms with Crippen molar-refractivity contribution in [3.63, 3.8) is 0 Å². The summed E-state index contributed by atoms with van der Waals surface area (Å²) >= 11 is 9.17. The van der Waals surface area contributed by atoms with E-state index in [4.69, 9.17) is 26.2 Å². The molecule has 1 atom stereocenters. The van der Waals surface area contributed by atoms with Gasteiger partial charge < -0.3 is 14.6 Å². The van der Waals surface area contributed by atoms with E-state index in [1.165, 1.54) is 34.8 Å². The van der Waals surface area contributed by atoms with Gasteiger partial charge in [0.05, 0.1) is 22.2 Å². The van der Waals surface area contributed by atoms with Gasteiger partial charge >= 0.3 is 5.97 Å². The van der Waals surface area contributed by atoms with E-state index >= 15 is 0 Å². The van der Waals surface area contributed by atoms with E-state index < -0.39 is 34.5 Å². The quantitative estimate of drug-likeness (QED) is 0.321. The number of nitrogens with one attached hydrogen (secondary N) is 1. The first kappa shape index (κ1) is 26.9. The first-order chi connectivity index (χ1) is 16.6. The third-order valence-corrected chi connectivity index (χ3v) is 7.75. The molecular weight excluding hydrogens is 566 g/mol. The maximum Gasteiger partial charge on any atom is 0.341 e. The van der Waals surface area contributed by atoms with E-state index in [1.54, 1.807) is 19.1 Å². The van der Waals surface area contributed by atoms with Crippen LogP contribution in [0.4, 0.5) is 0 Å². The standard InChI is InChI=1S/C22H23BrClN3O7S/c1-2-33-19-11-14(10-17(23)21(19)34-13-20(28)29)12-25-26-22(30)18-4-3-9-27(18)35(31,32)16-7-5-15(24)6-8-16/h5-8,10-12,18H,2-4,9,13H2,1H3,(H,26,30)(H,28,29)/b25-12-/t18-/m1/s1. The molecule has 0 aliphatic carbocycles. The van der Waals surface area contributed by atoms with E-state index in [1.807, 2.05) is 0 Å². The largest absolute Gasteiger partial charge is 0.490 e. The number of hydrogen-bond donors (Lipinski definition) is 2. The predicted molar refractivity (Wildman–Crippen MR) is 133 cm³/mol. The molecule has 188 valence electrons. The minimum Gasteiger partial charge on any atom is -0.490 e. The molecule has 1 saturated heterocycles. The minimum absolute atomic E-state index is 0.0589. The molecule has 1 amide bonds. The van der Waals surface area contributed by atoms with Gasteiger partial charge in [0.15, 0.2) is 18.1 Å². The monoisotopic (exact) mass is 587 g/mol. The van der Waals surface area contributed by atoms with Crippen molar-refractivity contribution >= 4 is 55.6 Å². The van der Waals surface area contributed by atoms with Crippen molar-refractivity contribution in [2.75, 3.05) is 19.8 Å². The molecule has 1 aliphatic rings. The van der Waals surface area contributed by atoms with Crippen LogP contribution in [-0.2, 0) is 19.6 Å². The summed E-state index contributed by atoms with van der Waals surface area (Å²) < 4.78 is 38.4. The van der Waals surface area contributed by atoms with E-state index in [2.05, 4.69) is 26.5 Å². The number of amides is 1. The SMILES string of the molecule is CCOc1cc(/C=N\NC(=O)[C@H]2CCCN2S(=O)(=O)c2ccc(Cl)cc2)cc(Br)c1OCC(=O)O. The number of sulfonamides is 1. The van der Waals surface area contributed by atoms with E-state index in [9.17, 15) is 18.0 Å². The Morgan fingerprint density at radius 1 is 1.29 bits per heavy atom. The molecule has 2 aromatic rings. The number of halogens is 2. The molecule has 1 heterocycles. The predicted octanol–water partition coefficient (Wildman–Crippen LogP) is 3.27. The van der Waals surface area contributed by atoms with Crippen LogP contribution in [0.3, 0.4) is 0 Å². The van der Waals surface area contributed by atoms with Gasteiger partial charge in [-0.25, -0.2) is 18.6 Å². The summed E-state index contributed by atoms with van der Waals surface area (Å²) in [5.41, 5.74) is 2.93. The molecule has 35 heavy (non-hydrogen) atoms. The number of carboxylic acids is 1. The van der Waals surface area contributed by atoms with Gasteiger partial charge in [-0.2, -0.15) is 9.41 Å². The second kappa shape index (κ2) is 11.8. The Kier molecular flexibility index (Phi) is 9.11. The lowest BCUT2D eigenvalue weighted by atomic mass is 10.2. The number of carbonyl (C=O) groups excluding carboxylic acids is 1. The third kappa shape index (κ3) is 6.72. The molecule has 2 N–H and O–H groups in total. The van der Waals surface area contributed by atoms with Gasteiger partial charge in [0.25, 0.3) is 5.91 Å². The van der Waals surface area contributed by atoms with Gasteiger partial charge in [-0.3, -0.25) is 4.79 Å². The van der Waals surface area contributed by atoms with Crippen molar-refractivity contribution in [1.82, 2.24) is 9.73 Å². The van der Waals surface area contributed by atoms with Crippen LogP contribution in [0.2, 0.25) is 5.02 Å². The Labute approximate surface area is 216 Å². The molecule has 0 unspecified atom stereocenters. The highest BCUT2D eigenvalue weighted by Crippen LogP contribution is 2.36. The molecular formula is C22H23BrClN3O7S. The van der Waals surface area contributed by atoms with Crippen LogP contribution in [0.15, 0.2) is 50.9 Å². The molecule has 10 nitrogen and oxygen atoms in total. The topological polar surface area (TPSA) is 135 Å². The Morgan fingerprint density at radius 3 is 2.66 bits per heavy atom. The summed E-state index contributed by atoms with van der Waals surface area (Å²) in [5.74, 6) is -1.16. The first-order valence-electron chi connectivity index (χ1n) is 10.5. The third-order valence-electron chi connectivity index (χ3n) is 4.99. The van der Waals surface area contributed by atoms with Crippen molar-refractivity contribution in [2.24, 2.45) is 5.10 Å². The van der Waals surface area contributed by atoms with Gasteiger partial charge in [0.2, 0.25) is 10.0 Å². The molecule has 1 fully saturated rings. The molecule has 0 radical (unpaired) electrons. The van der Waals surface area contributed by atoms with Crippen LogP contribution < -0.4 is 14.9 Å². The van der Waals surface area contributed by atoms with Crippen LogP contribution in [-0.4, -0.2) is 61.7 Å². The van der Waals surface area contributed by atoms with E-state index in [-0.39, 0.29) is 17.2 Å². The molecule has 0 saturated carbocycles. The van der Waals surface area contributed by atoms with Crippen molar-refractivity contribution in [2.45, 2.75) is 30.7 Å². The Hall–Kier alpha value is -2.67. The van der Waals surface area contributed by atoms with Gasteiger partial charge in [-0.05, 0) is 77.7 Å². The fourth-order valence-corrected chi connectivity index (χ4v) is 5.83. The molecule has 3 rings (SSSR count). The highest BCUT2D eigenvalue weighted by molar-refractivity contribution is 9.10. The van der Waals surface area contributed by atoms with Gasteiger partial charge in [0, 0.05) is 11.6 Å². The Balaban J connectivity index is 1.72. The van der Waals surface area contributed by atoms with Crippen molar-refractivity contribution < 1.29 is 32.6 Å². The second-order valence-electron chi connectivity index (χ2n) is 7.41. The van der Waals surface area contributed by atoms with Crippen LogP contribution in [0.5, 0.6) is 11.5 Å². The Morgan fingerprint density at radius 2 is 2.00 bits per heavy atom. The molecule has 0 aromatic heterocycles. The number of hydrogen-bond acceptors (Lipinski definition) is 7.